The largest absolute Gasteiger partial charge is 0.467 e. The third kappa shape index (κ3) is 3.48. The zero-order chi connectivity index (χ0) is 16.6. The van der Waals surface area contributed by atoms with Crippen molar-refractivity contribution in [1.82, 2.24) is 14.5 Å². The quantitative estimate of drug-likeness (QED) is 0.670. The standard InChI is InChI=1S/C15H17ClFN5O.ClH/c1-8(18)6-10-12(17)11-13(19-7-9-4-3-5-23-9)20-15(16)21-14(11)22(10)2;/h3-5,8H,6-7,18H2,1-2H3,(H,19,20,21);1H. The average molecular weight is 374 g/mol. The van der Waals surface area contributed by atoms with Gasteiger partial charge in [0.1, 0.15) is 17.2 Å². The Morgan fingerprint density at radius 2 is 2.21 bits per heavy atom. The van der Waals surface area contributed by atoms with Gasteiger partial charge in [0.2, 0.25) is 5.28 Å². The first-order valence-electron chi connectivity index (χ1n) is 7.19. The van der Waals surface area contributed by atoms with Crippen molar-refractivity contribution >= 4 is 40.9 Å². The zero-order valence-electron chi connectivity index (χ0n) is 13.2. The number of aryl methyl sites for hydroxylation is 1. The Bertz CT molecular complexity index is 832. The van der Waals surface area contributed by atoms with Crippen molar-refractivity contribution in [2.75, 3.05) is 5.32 Å². The van der Waals surface area contributed by atoms with Crippen LogP contribution in [0.4, 0.5) is 10.2 Å². The number of hydrogen-bond acceptors (Lipinski definition) is 5. The van der Waals surface area contributed by atoms with Gasteiger partial charge >= 0.3 is 0 Å². The lowest BCUT2D eigenvalue weighted by Crippen LogP contribution is -2.20. The monoisotopic (exact) mass is 373 g/mol. The van der Waals surface area contributed by atoms with Crippen LogP contribution in [0.2, 0.25) is 5.28 Å². The molecule has 3 aromatic heterocycles. The molecule has 9 heteroatoms. The number of furan rings is 1. The number of fused-ring (bicyclic) bond motifs is 1. The lowest BCUT2D eigenvalue weighted by atomic mass is 10.2. The molecule has 3 N–H and O–H groups in total. The van der Waals surface area contributed by atoms with E-state index in [-0.39, 0.29) is 29.5 Å². The molecule has 0 saturated carbocycles. The number of anilines is 1. The predicted octanol–water partition coefficient (Wildman–Crippen LogP) is 3.28. The Labute approximate surface area is 149 Å². The van der Waals surface area contributed by atoms with Crippen molar-refractivity contribution in [2.24, 2.45) is 12.8 Å². The van der Waals surface area contributed by atoms with E-state index >= 15 is 0 Å². The number of rotatable bonds is 5. The number of nitrogens with two attached hydrogens (primary N) is 1. The van der Waals surface area contributed by atoms with Crippen LogP contribution in [0.3, 0.4) is 0 Å². The van der Waals surface area contributed by atoms with E-state index in [1.807, 2.05) is 13.0 Å². The van der Waals surface area contributed by atoms with Crippen molar-refractivity contribution in [3.8, 4) is 0 Å². The summed E-state index contributed by atoms with van der Waals surface area (Å²) in [5.41, 5.74) is 6.71. The third-order valence-corrected chi connectivity index (χ3v) is 3.75. The lowest BCUT2D eigenvalue weighted by molar-refractivity contribution is 0.518. The van der Waals surface area contributed by atoms with Gasteiger partial charge in [-0.1, -0.05) is 0 Å². The van der Waals surface area contributed by atoms with E-state index in [0.717, 1.165) is 0 Å². The van der Waals surface area contributed by atoms with Crippen molar-refractivity contribution < 1.29 is 8.81 Å². The number of aromatic nitrogens is 3. The molecule has 0 aliphatic rings. The summed E-state index contributed by atoms with van der Waals surface area (Å²) in [5.74, 6) is 0.666. The van der Waals surface area contributed by atoms with E-state index < -0.39 is 0 Å². The first-order valence-corrected chi connectivity index (χ1v) is 7.57. The predicted molar refractivity (Wildman–Crippen MR) is 94.1 cm³/mol. The molecule has 3 aromatic rings. The lowest BCUT2D eigenvalue weighted by Gasteiger charge is -2.06. The normalized spacial score (nSPS) is 12.2. The topological polar surface area (TPSA) is 81.9 Å². The molecule has 0 aromatic carbocycles. The molecule has 3 heterocycles. The van der Waals surface area contributed by atoms with Gasteiger partial charge in [-0.15, -0.1) is 12.4 Å². The Hall–Kier alpha value is -1.83. The minimum Gasteiger partial charge on any atom is -0.467 e. The maximum atomic E-state index is 14.8. The Balaban J connectivity index is 0.00000208. The molecule has 0 radical (unpaired) electrons. The van der Waals surface area contributed by atoms with E-state index in [1.165, 1.54) is 0 Å². The van der Waals surface area contributed by atoms with E-state index in [4.69, 9.17) is 21.8 Å². The molecule has 0 fully saturated rings. The number of halogens is 3. The molecule has 24 heavy (non-hydrogen) atoms. The molecular weight excluding hydrogens is 356 g/mol. The third-order valence-electron chi connectivity index (χ3n) is 3.58. The molecule has 130 valence electrons. The number of hydrogen-bond donors (Lipinski definition) is 2. The summed E-state index contributed by atoms with van der Waals surface area (Å²) in [4.78, 5) is 8.25. The molecule has 0 amide bonds. The molecule has 1 atom stereocenters. The van der Waals surface area contributed by atoms with Crippen LogP contribution in [0.25, 0.3) is 11.0 Å². The molecule has 0 spiro atoms. The molecule has 3 rings (SSSR count). The van der Waals surface area contributed by atoms with Crippen LogP contribution in [0, 0.1) is 5.82 Å². The van der Waals surface area contributed by atoms with Gasteiger partial charge in [-0.3, -0.25) is 0 Å². The highest BCUT2D eigenvalue weighted by molar-refractivity contribution is 6.28. The fourth-order valence-corrected chi connectivity index (χ4v) is 2.69. The number of nitrogens with zero attached hydrogens (tertiary/aromatic N) is 3. The summed E-state index contributed by atoms with van der Waals surface area (Å²) >= 11 is 5.98. The van der Waals surface area contributed by atoms with Gasteiger partial charge in [0.25, 0.3) is 0 Å². The second-order valence-corrected chi connectivity index (χ2v) is 5.81. The Morgan fingerprint density at radius 3 is 2.83 bits per heavy atom. The van der Waals surface area contributed by atoms with Crippen LogP contribution < -0.4 is 11.1 Å². The van der Waals surface area contributed by atoms with Crippen molar-refractivity contribution in [1.29, 1.82) is 0 Å². The first-order chi connectivity index (χ1) is 11.0. The number of nitrogens with one attached hydrogen (secondary N) is 1. The van der Waals surface area contributed by atoms with Crippen LogP contribution >= 0.6 is 24.0 Å². The average Bonchev–Trinajstić information content (AvgIpc) is 3.08. The highest BCUT2D eigenvalue weighted by Crippen LogP contribution is 2.30. The molecule has 1 unspecified atom stereocenters. The molecule has 6 nitrogen and oxygen atoms in total. The highest BCUT2D eigenvalue weighted by Gasteiger charge is 2.22. The molecule has 0 bridgehead atoms. The Morgan fingerprint density at radius 1 is 1.46 bits per heavy atom. The highest BCUT2D eigenvalue weighted by atomic mass is 35.5. The molecule has 0 aliphatic carbocycles. The zero-order valence-corrected chi connectivity index (χ0v) is 14.8. The van der Waals surface area contributed by atoms with E-state index in [2.05, 4.69) is 15.3 Å². The van der Waals surface area contributed by atoms with Gasteiger partial charge in [-0.25, -0.2) is 4.39 Å². The summed E-state index contributed by atoms with van der Waals surface area (Å²) in [6.45, 7) is 2.19. The maximum absolute atomic E-state index is 14.8. The van der Waals surface area contributed by atoms with Gasteiger partial charge in [-0.05, 0) is 30.7 Å². The summed E-state index contributed by atoms with van der Waals surface area (Å²) in [5, 5.41) is 3.40. The van der Waals surface area contributed by atoms with Crippen LogP contribution in [0.5, 0.6) is 0 Å². The van der Waals surface area contributed by atoms with Crippen molar-refractivity contribution in [3.05, 3.63) is 41.0 Å². The Kier molecular flexibility index (Phi) is 5.69. The molecule has 0 saturated heterocycles. The smallest absolute Gasteiger partial charge is 0.226 e. The van der Waals surface area contributed by atoms with Gasteiger partial charge in [-0.2, -0.15) is 9.97 Å². The van der Waals surface area contributed by atoms with E-state index in [0.29, 0.717) is 41.3 Å². The summed E-state index contributed by atoms with van der Waals surface area (Å²) in [7, 11) is 1.74. The second-order valence-electron chi connectivity index (χ2n) is 5.47. The van der Waals surface area contributed by atoms with Gasteiger partial charge < -0.3 is 20.0 Å². The van der Waals surface area contributed by atoms with Gasteiger partial charge in [0.05, 0.1) is 23.9 Å². The first kappa shape index (κ1) is 18.5. The molecular formula is C15H18Cl2FN5O. The van der Waals surface area contributed by atoms with Crippen LogP contribution in [-0.2, 0) is 20.0 Å². The summed E-state index contributed by atoms with van der Waals surface area (Å²) < 4.78 is 21.8. The van der Waals surface area contributed by atoms with Gasteiger partial charge in [0, 0.05) is 19.5 Å². The minimum atomic E-state index is -0.376. The van der Waals surface area contributed by atoms with E-state index in [1.54, 1.807) is 23.9 Å². The maximum Gasteiger partial charge on any atom is 0.226 e. The summed E-state index contributed by atoms with van der Waals surface area (Å²) in [6.07, 6.45) is 1.97. The van der Waals surface area contributed by atoms with Crippen LogP contribution in [-0.4, -0.2) is 20.6 Å². The van der Waals surface area contributed by atoms with Crippen molar-refractivity contribution in [2.45, 2.75) is 25.9 Å². The van der Waals surface area contributed by atoms with Crippen LogP contribution in [0.1, 0.15) is 18.4 Å². The van der Waals surface area contributed by atoms with Gasteiger partial charge in [0.15, 0.2) is 5.82 Å². The van der Waals surface area contributed by atoms with Crippen molar-refractivity contribution in [3.63, 3.8) is 0 Å². The second kappa shape index (κ2) is 7.38. The SMILES string of the molecule is CC(N)Cc1c(F)c2c(NCc3ccco3)nc(Cl)nc2n1C.Cl. The summed E-state index contributed by atoms with van der Waals surface area (Å²) in [6, 6.07) is 3.43. The fourth-order valence-electron chi connectivity index (χ4n) is 2.53. The van der Waals surface area contributed by atoms with E-state index in [9.17, 15) is 4.39 Å². The molecule has 0 aliphatic heterocycles. The fraction of sp³-hybridized carbons (Fsp3) is 0.333. The minimum absolute atomic E-state index is 0. The van der Waals surface area contributed by atoms with Crippen LogP contribution in [0.15, 0.2) is 22.8 Å².